The van der Waals surface area contributed by atoms with Crippen LogP contribution in [0, 0.1) is 5.92 Å². The molecule has 210 valence electrons. The van der Waals surface area contributed by atoms with Crippen LogP contribution in [0.25, 0.3) is 0 Å². The second kappa shape index (κ2) is 12.6. The van der Waals surface area contributed by atoms with Crippen molar-refractivity contribution in [3.63, 3.8) is 0 Å². The molecule has 0 fully saturated rings. The number of rotatable bonds is 11. The number of carbonyl (C=O) groups is 4. The first-order chi connectivity index (χ1) is 18.4. The van der Waals surface area contributed by atoms with E-state index in [0.717, 1.165) is 16.9 Å². The molecular weight excluding hydrogens is 500 g/mol. The van der Waals surface area contributed by atoms with Gasteiger partial charge in [-0.3, -0.25) is 19.4 Å². The highest BCUT2D eigenvalue weighted by molar-refractivity contribution is 6.05. The van der Waals surface area contributed by atoms with E-state index >= 15 is 0 Å². The van der Waals surface area contributed by atoms with Gasteiger partial charge in [0.05, 0.1) is 23.6 Å². The molecule has 0 spiro atoms. The van der Waals surface area contributed by atoms with Gasteiger partial charge < -0.3 is 31.3 Å². The molecule has 2 atom stereocenters. The minimum Gasteiger partial charge on any atom is -0.465 e. The number of aromatic nitrogens is 1. The second-order valence-corrected chi connectivity index (χ2v) is 10.6. The van der Waals surface area contributed by atoms with E-state index in [2.05, 4.69) is 26.3 Å². The van der Waals surface area contributed by atoms with Crippen molar-refractivity contribution in [2.45, 2.75) is 71.6 Å². The Morgan fingerprint density at radius 1 is 1.15 bits per heavy atom. The zero-order valence-electron chi connectivity index (χ0n) is 23.1. The monoisotopic (exact) mass is 538 g/mol. The van der Waals surface area contributed by atoms with E-state index in [1.54, 1.807) is 17.2 Å². The van der Waals surface area contributed by atoms with Crippen LogP contribution in [-0.4, -0.2) is 58.1 Å². The Kier molecular flexibility index (Phi) is 9.50. The summed E-state index contributed by atoms with van der Waals surface area (Å²) in [5, 5.41) is 20.1. The SMILES string of the molecule is CCNc1cccc2c1N(Cc1ccccn1)C(=O)C(NC(=O)[C@@H](CC(C)C)NC(=O)C(C)(C)NC(=O)O)C2. The summed E-state index contributed by atoms with van der Waals surface area (Å²) in [6.45, 7) is 9.53. The van der Waals surface area contributed by atoms with Gasteiger partial charge in [0.2, 0.25) is 17.7 Å². The van der Waals surface area contributed by atoms with Crippen molar-refractivity contribution in [1.29, 1.82) is 0 Å². The summed E-state index contributed by atoms with van der Waals surface area (Å²) in [4.78, 5) is 57.3. The fourth-order valence-electron chi connectivity index (χ4n) is 4.57. The number of pyridine rings is 1. The molecule has 4 amide bonds. The first-order valence-corrected chi connectivity index (χ1v) is 13.1. The third-order valence-corrected chi connectivity index (χ3v) is 6.42. The van der Waals surface area contributed by atoms with Gasteiger partial charge in [-0.2, -0.15) is 0 Å². The van der Waals surface area contributed by atoms with Gasteiger partial charge in [0.1, 0.15) is 17.6 Å². The van der Waals surface area contributed by atoms with Crippen LogP contribution in [-0.2, 0) is 27.3 Å². The molecule has 11 nitrogen and oxygen atoms in total. The number of carboxylic acid groups (broad SMARTS) is 1. The number of amides is 4. The smallest absolute Gasteiger partial charge is 0.405 e. The number of para-hydroxylation sites is 1. The molecule has 11 heteroatoms. The Hall–Kier alpha value is -4.15. The van der Waals surface area contributed by atoms with Crippen LogP contribution in [0.15, 0.2) is 42.6 Å². The molecule has 3 rings (SSSR count). The number of carbonyl (C=O) groups excluding carboxylic acids is 3. The normalized spacial score (nSPS) is 15.8. The lowest BCUT2D eigenvalue weighted by molar-refractivity contribution is -0.133. The van der Waals surface area contributed by atoms with Gasteiger partial charge in [-0.15, -0.1) is 0 Å². The van der Waals surface area contributed by atoms with Crippen molar-refractivity contribution in [3.8, 4) is 0 Å². The van der Waals surface area contributed by atoms with Crippen molar-refractivity contribution >= 4 is 35.2 Å². The van der Waals surface area contributed by atoms with Crippen LogP contribution < -0.4 is 26.2 Å². The molecule has 1 aromatic heterocycles. The Morgan fingerprint density at radius 2 is 1.90 bits per heavy atom. The van der Waals surface area contributed by atoms with Gasteiger partial charge in [0.15, 0.2) is 0 Å². The maximum atomic E-state index is 13.8. The number of benzene rings is 1. The van der Waals surface area contributed by atoms with Gasteiger partial charge in [-0.25, -0.2) is 4.79 Å². The molecule has 0 saturated carbocycles. The topological polar surface area (TPSA) is 153 Å². The maximum absolute atomic E-state index is 13.8. The maximum Gasteiger partial charge on any atom is 0.405 e. The van der Waals surface area contributed by atoms with Gasteiger partial charge in [-0.05, 0) is 56.9 Å². The second-order valence-electron chi connectivity index (χ2n) is 10.6. The molecule has 1 unspecified atom stereocenters. The van der Waals surface area contributed by atoms with E-state index in [4.69, 9.17) is 5.11 Å². The summed E-state index contributed by atoms with van der Waals surface area (Å²) in [7, 11) is 0. The predicted molar refractivity (Wildman–Crippen MR) is 148 cm³/mol. The van der Waals surface area contributed by atoms with Crippen LogP contribution in [0.1, 0.15) is 52.3 Å². The lowest BCUT2D eigenvalue weighted by Gasteiger charge is -2.36. The van der Waals surface area contributed by atoms with E-state index in [9.17, 15) is 19.2 Å². The van der Waals surface area contributed by atoms with Gasteiger partial charge in [0.25, 0.3) is 0 Å². The summed E-state index contributed by atoms with van der Waals surface area (Å²) in [6, 6.07) is 9.44. The zero-order chi connectivity index (χ0) is 28.7. The summed E-state index contributed by atoms with van der Waals surface area (Å²) in [6.07, 6.45) is 0.906. The standard InChI is InChI=1S/C28H38N6O5/c1-6-29-20-12-9-10-18-15-22(25(36)34(23(18)20)16-19-11-7-8-13-30-19)31-24(35)21(14-17(2)3)32-26(37)28(4,5)33-27(38)39/h7-13,17,21-22,29,33H,6,14-16H2,1-5H3,(H,31,35)(H,32,37)(H,38,39)/t21-,22?/m1/s1. The highest BCUT2D eigenvalue weighted by Crippen LogP contribution is 2.36. The van der Waals surface area contributed by atoms with Gasteiger partial charge >= 0.3 is 6.09 Å². The molecule has 1 aliphatic heterocycles. The Labute approximate surface area is 228 Å². The quantitative estimate of drug-likeness (QED) is 0.295. The molecule has 0 radical (unpaired) electrons. The Bertz CT molecular complexity index is 1200. The van der Waals surface area contributed by atoms with E-state index in [-0.39, 0.29) is 24.8 Å². The van der Waals surface area contributed by atoms with Crippen LogP contribution >= 0.6 is 0 Å². The minimum atomic E-state index is -1.46. The third-order valence-electron chi connectivity index (χ3n) is 6.42. The van der Waals surface area contributed by atoms with E-state index in [1.165, 1.54) is 13.8 Å². The molecule has 2 heterocycles. The van der Waals surface area contributed by atoms with Crippen molar-refractivity contribution in [2.24, 2.45) is 5.92 Å². The lowest BCUT2D eigenvalue weighted by atomic mass is 9.94. The fourth-order valence-corrected chi connectivity index (χ4v) is 4.57. The van der Waals surface area contributed by atoms with Crippen LogP contribution in [0.4, 0.5) is 16.2 Å². The largest absolute Gasteiger partial charge is 0.465 e. The lowest BCUT2D eigenvalue weighted by Crippen LogP contribution is -2.61. The number of nitrogens with one attached hydrogen (secondary N) is 4. The molecule has 1 aliphatic rings. The summed E-state index contributed by atoms with van der Waals surface area (Å²) in [5.74, 6) is -1.39. The van der Waals surface area contributed by atoms with Gasteiger partial charge in [0, 0.05) is 19.2 Å². The van der Waals surface area contributed by atoms with E-state index in [1.807, 2.05) is 51.1 Å². The highest BCUT2D eigenvalue weighted by Gasteiger charge is 2.38. The summed E-state index contributed by atoms with van der Waals surface area (Å²) < 4.78 is 0. The fraction of sp³-hybridized carbons (Fsp3) is 0.464. The molecule has 39 heavy (non-hydrogen) atoms. The van der Waals surface area contributed by atoms with Crippen molar-refractivity contribution < 1.29 is 24.3 Å². The number of nitrogens with zero attached hydrogens (tertiary/aromatic N) is 2. The molecular formula is C28H38N6O5. The first kappa shape index (κ1) is 29.4. The molecule has 0 bridgehead atoms. The van der Waals surface area contributed by atoms with Crippen LogP contribution in [0.5, 0.6) is 0 Å². The van der Waals surface area contributed by atoms with Crippen molar-refractivity contribution in [2.75, 3.05) is 16.8 Å². The van der Waals surface area contributed by atoms with Crippen molar-refractivity contribution in [3.05, 3.63) is 53.9 Å². The highest BCUT2D eigenvalue weighted by atomic mass is 16.4. The predicted octanol–water partition coefficient (Wildman–Crippen LogP) is 2.66. The molecule has 5 N–H and O–H groups in total. The number of hydrogen-bond donors (Lipinski definition) is 5. The first-order valence-electron chi connectivity index (χ1n) is 13.1. The molecule has 0 aliphatic carbocycles. The zero-order valence-corrected chi connectivity index (χ0v) is 23.1. The Balaban J connectivity index is 1.88. The molecule has 2 aromatic rings. The number of anilines is 2. The van der Waals surface area contributed by atoms with Gasteiger partial charge in [-0.1, -0.05) is 32.0 Å². The molecule has 1 aromatic carbocycles. The van der Waals surface area contributed by atoms with Crippen LogP contribution in [0.3, 0.4) is 0 Å². The average molecular weight is 539 g/mol. The van der Waals surface area contributed by atoms with E-state index in [0.29, 0.717) is 18.7 Å². The van der Waals surface area contributed by atoms with Crippen molar-refractivity contribution in [1.82, 2.24) is 20.9 Å². The molecule has 0 saturated heterocycles. The van der Waals surface area contributed by atoms with Crippen LogP contribution in [0.2, 0.25) is 0 Å². The third kappa shape index (κ3) is 7.46. The van der Waals surface area contributed by atoms with E-state index < -0.39 is 35.5 Å². The average Bonchev–Trinajstić information content (AvgIpc) is 2.86. The number of fused-ring (bicyclic) bond motifs is 1. The summed E-state index contributed by atoms with van der Waals surface area (Å²) in [5.41, 5.74) is 1.72. The minimum absolute atomic E-state index is 0.0442. The Morgan fingerprint density at radius 3 is 2.51 bits per heavy atom. The number of hydrogen-bond acceptors (Lipinski definition) is 6. The summed E-state index contributed by atoms with van der Waals surface area (Å²) >= 11 is 0.